The van der Waals surface area contributed by atoms with Crippen molar-refractivity contribution in [1.82, 2.24) is 0 Å². The van der Waals surface area contributed by atoms with Gasteiger partial charge < -0.3 is 29.2 Å². The zero-order chi connectivity index (χ0) is 36.2. The molecule has 0 saturated heterocycles. The first-order chi connectivity index (χ1) is 24.2. The summed E-state index contributed by atoms with van der Waals surface area (Å²) in [5.74, 6) is -3.58. The smallest absolute Gasteiger partial charge is 0.339 e. The molecule has 4 bridgehead atoms. The Hall–Kier alpha value is -4.08. The Morgan fingerprint density at radius 2 is 0.560 bits per heavy atom. The molecule has 50 heavy (non-hydrogen) atoms. The molecule has 0 amide bonds. The highest BCUT2D eigenvalue weighted by molar-refractivity contribution is 6.11. The fourth-order valence-corrected chi connectivity index (χ4v) is 7.84. The van der Waals surface area contributed by atoms with Crippen LogP contribution in [0.3, 0.4) is 0 Å². The lowest BCUT2D eigenvalue weighted by molar-refractivity contribution is 0.0552. The number of hydrogen-bond donors (Lipinski definition) is 2. The fraction of sp³-hybridized carbons (Fsp3) is 0.600. The van der Waals surface area contributed by atoms with Crippen molar-refractivity contribution >= 4 is 23.9 Å². The number of fused-ring (bicyclic) bond motifs is 23. The van der Waals surface area contributed by atoms with Gasteiger partial charge in [-0.25, -0.2) is 19.2 Å². The summed E-state index contributed by atoms with van der Waals surface area (Å²) in [4.78, 5) is 54.7. The number of rotatable bonds is 5. The van der Waals surface area contributed by atoms with Gasteiger partial charge in [-0.3, -0.25) is 0 Å². The van der Waals surface area contributed by atoms with Crippen LogP contribution in [0.2, 0.25) is 0 Å². The molecule has 4 aliphatic rings. The molecule has 0 unspecified atom stereocenters. The van der Waals surface area contributed by atoms with E-state index in [1.807, 2.05) is 0 Å². The van der Waals surface area contributed by atoms with E-state index in [-0.39, 0.29) is 81.7 Å². The second-order valence-electron chi connectivity index (χ2n) is 13.5. The van der Waals surface area contributed by atoms with E-state index < -0.39 is 23.9 Å². The normalized spacial score (nSPS) is 16.5. The first kappa shape index (κ1) is 38.7. The number of phenolic OH excluding ortho intramolecular Hbond substituents is 2. The largest absolute Gasteiger partial charge is 0.507 e. The molecule has 6 rings (SSSR count). The van der Waals surface area contributed by atoms with E-state index in [0.29, 0.717) is 36.8 Å². The molecule has 4 aliphatic carbocycles. The molecule has 274 valence electrons. The summed E-state index contributed by atoms with van der Waals surface area (Å²) < 4.78 is 21.0. The Bertz CT molecular complexity index is 1440. The standard InChI is InChI=1S/C40H54O10/c1-47-37(43)31-25-21-17-13-9-5-7-11-15-19-23-27(33(31)39(45)49-3)35(41)29(25)30-26-22-18-14-10-6-8-12-16-20-24-28(36(30)42)34(40(46)50-4)32(26)38(44)48-2/h41-42H,5-24H2,1-4H3. The predicted molar refractivity (Wildman–Crippen MR) is 189 cm³/mol. The monoisotopic (exact) mass is 694 g/mol. The van der Waals surface area contributed by atoms with Gasteiger partial charge in [-0.2, -0.15) is 0 Å². The molecule has 0 fully saturated rings. The molecular formula is C40H54O10. The van der Waals surface area contributed by atoms with Crippen LogP contribution in [0.25, 0.3) is 11.1 Å². The van der Waals surface area contributed by atoms with E-state index in [9.17, 15) is 29.4 Å². The third-order valence-electron chi connectivity index (χ3n) is 10.4. The Morgan fingerprint density at radius 3 is 0.800 bits per heavy atom. The molecule has 2 aromatic rings. The minimum absolute atomic E-state index is 0.0165. The maximum absolute atomic E-state index is 13.8. The van der Waals surface area contributed by atoms with Gasteiger partial charge in [-0.1, -0.05) is 77.0 Å². The summed E-state index contributed by atoms with van der Waals surface area (Å²) >= 11 is 0. The SMILES string of the molecule is COC(=O)c1c2c(O)c(-c3c(O)c4c(C(=O)OC)c(C(=O)OC)c3CCCCCCCCCC4)c(c1C(=O)OC)CCCCCCCCCC2. The molecule has 0 heterocycles. The van der Waals surface area contributed by atoms with Crippen molar-refractivity contribution < 1.29 is 48.3 Å². The first-order valence-corrected chi connectivity index (χ1v) is 18.4. The van der Waals surface area contributed by atoms with Crippen LogP contribution < -0.4 is 0 Å². The van der Waals surface area contributed by atoms with Gasteiger partial charge >= 0.3 is 23.9 Å². The van der Waals surface area contributed by atoms with E-state index in [0.717, 1.165) is 77.0 Å². The van der Waals surface area contributed by atoms with Crippen LogP contribution in [0.15, 0.2) is 0 Å². The van der Waals surface area contributed by atoms with E-state index in [1.54, 1.807) is 0 Å². The lowest BCUT2D eigenvalue weighted by Gasteiger charge is -2.27. The Kier molecular flexibility index (Phi) is 14.5. The van der Waals surface area contributed by atoms with Crippen LogP contribution in [0.5, 0.6) is 11.5 Å². The van der Waals surface area contributed by atoms with Crippen molar-refractivity contribution in [3.8, 4) is 22.6 Å². The number of ether oxygens (including phenoxy) is 4. The van der Waals surface area contributed by atoms with E-state index in [4.69, 9.17) is 18.9 Å². The van der Waals surface area contributed by atoms with Crippen LogP contribution in [-0.4, -0.2) is 62.5 Å². The van der Waals surface area contributed by atoms with E-state index >= 15 is 0 Å². The average molecular weight is 695 g/mol. The number of phenols is 2. The van der Waals surface area contributed by atoms with Crippen LogP contribution in [0.4, 0.5) is 0 Å². The quantitative estimate of drug-likeness (QED) is 0.231. The Labute approximate surface area is 295 Å². The number of esters is 4. The maximum atomic E-state index is 13.8. The average Bonchev–Trinajstić information content (AvgIpc) is 3.12. The number of methoxy groups -OCH3 is 4. The van der Waals surface area contributed by atoms with Crippen molar-refractivity contribution in [2.45, 2.75) is 128 Å². The van der Waals surface area contributed by atoms with Gasteiger partial charge in [0.1, 0.15) is 11.5 Å². The highest BCUT2D eigenvalue weighted by atomic mass is 16.5. The Morgan fingerprint density at radius 1 is 0.360 bits per heavy atom. The molecule has 10 nitrogen and oxygen atoms in total. The number of carbonyl (C=O) groups is 4. The molecule has 0 spiro atoms. The summed E-state index contributed by atoms with van der Waals surface area (Å²) in [5.41, 5.74) is 1.35. The van der Waals surface area contributed by atoms with Crippen molar-refractivity contribution in [1.29, 1.82) is 0 Å². The first-order valence-electron chi connectivity index (χ1n) is 18.4. The molecule has 10 heteroatoms. The lowest BCUT2D eigenvalue weighted by atomic mass is 9.78. The minimum atomic E-state index is -0.772. The van der Waals surface area contributed by atoms with Gasteiger partial charge in [0.2, 0.25) is 0 Å². The van der Waals surface area contributed by atoms with Crippen LogP contribution >= 0.6 is 0 Å². The Balaban J connectivity index is 2.26. The molecule has 0 atom stereocenters. The summed E-state index contributed by atoms with van der Waals surface area (Å²) in [6.45, 7) is 0. The van der Waals surface area contributed by atoms with Crippen LogP contribution in [-0.2, 0) is 44.6 Å². The van der Waals surface area contributed by atoms with E-state index in [2.05, 4.69) is 0 Å². The van der Waals surface area contributed by atoms with Gasteiger partial charge in [0, 0.05) is 22.3 Å². The molecule has 2 N–H and O–H groups in total. The fourth-order valence-electron chi connectivity index (χ4n) is 7.84. The van der Waals surface area contributed by atoms with Gasteiger partial charge in [-0.05, 0) is 62.5 Å². The van der Waals surface area contributed by atoms with Gasteiger partial charge in [0.25, 0.3) is 0 Å². The number of benzene rings is 2. The highest BCUT2D eigenvalue weighted by Gasteiger charge is 2.38. The van der Waals surface area contributed by atoms with Gasteiger partial charge in [-0.15, -0.1) is 0 Å². The third kappa shape index (κ3) is 8.44. The zero-order valence-electron chi connectivity index (χ0n) is 30.3. The molecule has 2 aromatic carbocycles. The highest BCUT2D eigenvalue weighted by Crippen LogP contribution is 2.50. The summed E-state index contributed by atoms with van der Waals surface area (Å²) in [5, 5.41) is 24.9. The second-order valence-corrected chi connectivity index (χ2v) is 13.5. The third-order valence-corrected chi connectivity index (χ3v) is 10.4. The summed E-state index contributed by atoms with van der Waals surface area (Å²) in [6.07, 6.45) is 15.3. The maximum Gasteiger partial charge on any atom is 0.339 e. The van der Waals surface area contributed by atoms with Crippen molar-refractivity contribution in [2.24, 2.45) is 0 Å². The van der Waals surface area contributed by atoms with E-state index in [1.165, 1.54) is 28.4 Å². The minimum Gasteiger partial charge on any atom is -0.507 e. The molecular weight excluding hydrogens is 640 g/mol. The number of carbonyl (C=O) groups excluding carboxylic acids is 4. The van der Waals surface area contributed by atoms with Crippen molar-refractivity contribution in [3.63, 3.8) is 0 Å². The molecule has 0 radical (unpaired) electrons. The van der Waals surface area contributed by atoms with Gasteiger partial charge in [0.05, 0.1) is 50.7 Å². The molecule has 0 aliphatic heterocycles. The summed E-state index contributed by atoms with van der Waals surface area (Å²) in [7, 11) is 4.94. The van der Waals surface area contributed by atoms with Crippen LogP contribution in [0, 0.1) is 0 Å². The van der Waals surface area contributed by atoms with Crippen molar-refractivity contribution in [2.75, 3.05) is 28.4 Å². The predicted octanol–water partition coefficient (Wildman–Crippen LogP) is 8.35. The topological polar surface area (TPSA) is 146 Å². The molecule has 0 saturated carbocycles. The van der Waals surface area contributed by atoms with Gasteiger partial charge in [0.15, 0.2) is 0 Å². The number of aromatic hydroxyl groups is 2. The zero-order valence-corrected chi connectivity index (χ0v) is 30.3. The molecule has 0 aromatic heterocycles. The van der Waals surface area contributed by atoms with Crippen LogP contribution in [0.1, 0.15) is 166 Å². The van der Waals surface area contributed by atoms with Crippen molar-refractivity contribution in [3.05, 3.63) is 44.5 Å². The second kappa shape index (κ2) is 18.8. The number of hydrogen-bond acceptors (Lipinski definition) is 10. The lowest BCUT2D eigenvalue weighted by Crippen LogP contribution is -2.21. The summed E-state index contributed by atoms with van der Waals surface area (Å²) in [6, 6.07) is 0.